The van der Waals surface area contributed by atoms with E-state index in [0.717, 1.165) is 24.2 Å². The van der Waals surface area contributed by atoms with Crippen LogP contribution in [-0.4, -0.2) is 38.1 Å². The summed E-state index contributed by atoms with van der Waals surface area (Å²) in [6, 6.07) is 7.61. The molecule has 0 spiro atoms. The monoisotopic (exact) mass is 355 g/mol. The van der Waals surface area contributed by atoms with E-state index < -0.39 is 0 Å². The van der Waals surface area contributed by atoms with Crippen LogP contribution >= 0.6 is 12.4 Å². The van der Waals surface area contributed by atoms with Crippen LogP contribution in [0.5, 0.6) is 0 Å². The average Bonchev–Trinajstić information content (AvgIpc) is 2.98. The normalized spacial score (nSPS) is 16.5. The Hall–Kier alpha value is -1.63. The summed E-state index contributed by atoms with van der Waals surface area (Å²) in [5.41, 5.74) is 7.39. The molecule has 24 heavy (non-hydrogen) atoms. The van der Waals surface area contributed by atoms with Gasteiger partial charge in [0.2, 0.25) is 11.8 Å². The summed E-state index contributed by atoms with van der Waals surface area (Å²) in [5.74, 6) is 0.0576. The minimum Gasteiger partial charge on any atom is -0.380 e. The first kappa shape index (κ1) is 20.4. The average molecular weight is 356 g/mol. The molecule has 0 aliphatic carbocycles. The SMILES string of the molecule is COC(CN)CC(=O)NC(C)c1cccc(N2CCCC2=O)c1.Cl. The molecule has 6 nitrogen and oxygen atoms in total. The van der Waals surface area contributed by atoms with E-state index in [0.29, 0.717) is 13.0 Å². The number of hydrogen-bond acceptors (Lipinski definition) is 4. The number of carbonyl (C=O) groups is 2. The number of rotatable bonds is 7. The molecule has 7 heteroatoms. The van der Waals surface area contributed by atoms with E-state index in [2.05, 4.69) is 5.32 Å². The number of amides is 2. The molecule has 2 rings (SSSR count). The maximum absolute atomic E-state index is 12.0. The van der Waals surface area contributed by atoms with Crippen LogP contribution in [0.2, 0.25) is 0 Å². The molecule has 1 aromatic rings. The Kier molecular flexibility index (Phi) is 8.18. The number of halogens is 1. The molecular formula is C17H26ClN3O3. The maximum atomic E-state index is 12.0. The summed E-state index contributed by atoms with van der Waals surface area (Å²) in [6.07, 6.45) is 1.47. The second-order valence-corrected chi connectivity index (χ2v) is 5.83. The molecule has 1 fully saturated rings. The maximum Gasteiger partial charge on any atom is 0.227 e. The van der Waals surface area contributed by atoms with Crippen LogP contribution in [0, 0.1) is 0 Å². The summed E-state index contributed by atoms with van der Waals surface area (Å²) in [6.45, 7) is 2.99. The quantitative estimate of drug-likeness (QED) is 0.780. The van der Waals surface area contributed by atoms with Crippen molar-refractivity contribution in [3.63, 3.8) is 0 Å². The van der Waals surface area contributed by atoms with Gasteiger partial charge in [0.05, 0.1) is 18.6 Å². The summed E-state index contributed by atoms with van der Waals surface area (Å²) >= 11 is 0. The highest BCUT2D eigenvalue weighted by Gasteiger charge is 2.22. The third-order valence-corrected chi connectivity index (χ3v) is 4.14. The van der Waals surface area contributed by atoms with E-state index >= 15 is 0 Å². The number of anilines is 1. The summed E-state index contributed by atoms with van der Waals surface area (Å²) < 4.78 is 5.13. The van der Waals surface area contributed by atoms with Gasteiger partial charge in [0.25, 0.3) is 0 Å². The van der Waals surface area contributed by atoms with Crippen LogP contribution in [0.15, 0.2) is 24.3 Å². The molecule has 1 heterocycles. The van der Waals surface area contributed by atoms with Crippen molar-refractivity contribution in [2.24, 2.45) is 5.73 Å². The van der Waals surface area contributed by atoms with Gasteiger partial charge in [-0.05, 0) is 31.0 Å². The standard InChI is InChI=1S/C17H25N3O3.ClH/c1-12(19-16(21)10-15(11-18)23-2)13-5-3-6-14(9-13)20-8-4-7-17(20)22;/h3,5-6,9,12,15H,4,7-8,10-11,18H2,1-2H3,(H,19,21);1H. The molecule has 1 saturated heterocycles. The second kappa shape index (κ2) is 9.61. The van der Waals surface area contributed by atoms with Crippen molar-refractivity contribution in [3.05, 3.63) is 29.8 Å². The Labute approximate surface area is 149 Å². The van der Waals surface area contributed by atoms with Crippen LogP contribution in [0.4, 0.5) is 5.69 Å². The van der Waals surface area contributed by atoms with Crippen molar-refractivity contribution < 1.29 is 14.3 Å². The molecule has 0 saturated carbocycles. The van der Waals surface area contributed by atoms with Gasteiger partial charge in [-0.1, -0.05) is 12.1 Å². The van der Waals surface area contributed by atoms with Gasteiger partial charge in [-0.3, -0.25) is 9.59 Å². The summed E-state index contributed by atoms with van der Waals surface area (Å²) in [4.78, 5) is 25.7. The fourth-order valence-corrected chi connectivity index (χ4v) is 2.74. The number of methoxy groups -OCH3 is 1. The molecule has 0 aromatic heterocycles. The van der Waals surface area contributed by atoms with Crippen molar-refractivity contribution in [2.45, 2.75) is 38.3 Å². The zero-order valence-electron chi connectivity index (χ0n) is 14.2. The Morgan fingerprint density at radius 3 is 2.79 bits per heavy atom. The predicted octanol–water partition coefficient (Wildman–Crippen LogP) is 1.78. The Bertz CT molecular complexity index is 564. The molecule has 3 N–H and O–H groups in total. The molecule has 134 valence electrons. The van der Waals surface area contributed by atoms with E-state index in [-0.39, 0.29) is 42.8 Å². The lowest BCUT2D eigenvalue weighted by atomic mass is 10.1. The van der Waals surface area contributed by atoms with Gasteiger partial charge in [0, 0.05) is 32.3 Å². The van der Waals surface area contributed by atoms with Crippen molar-refractivity contribution in [2.75, 3.05) is 25.1 Å². The molecular weight excluding hydrogens is 330 g/mol. The Morgan fingerprint density at radius 2 is 2.21 bits per heavy atom. The van der Waals surface area contributed by atoms with Gasteiger partial charge in [-0.25, -0.2) is 0 Å². The fraction of sp³-hybridized carbons (Fsp3) is 0.529. The first-order valence-corrected chi connectivity index (χ1v) is 7.97. The molecule has 0 bridgehead atoms. The van der Waals surface area contributed by atoms with Crippen LogP contribution < -0.4 is 16.0 Å². The van der Waals surface area contributed by atoms with E-state index in [1.54, 1.807) is 12.0 Å². The number of nitrogens with zero attached hydrogens (tertiary/aromatic N) is 1. The van der Waals surface area contributed by atoms with Crippen molar-refractivity contribution in [1.82, 2.24) is 5.32 Å². The molecule has 1 aliphatic rings. The van der Waals surface area contributed by atoms with Crippen molar-refractivity contribution in [1.29, 1.82) is 0 Å². The Balaban J connectivity index is 0.00000288. The first-order chi connectivity index (χ1) is 11.0. The number of benzene rings is 1. The fourth-order valence-electron chi connectivity index (χ4n) is 2.74. The highest BCUT2D eigenvalue weighted by atomic mass is 35.5. The van der Waals surface area contributed by atoms with Crippen LogP contribution in [0.3, 0.4) is 0 Å². The minimum atomic E-state index is -0.268. The van der Waals surface area contributed by atoms with Gasteiger partial charge < -0.3 is 20.7 Å². The van der Waals surface area contributed by atoms with Gasteiger partial charge in [0.1, 0.15) is 0 Å². The lowest BCUT2D eigenvalue weighted by Gasteiger charge is -2.20. The number of carbonyl (C=O) groups excluding carboxylic acids is 2. The van der Waals surface area contributed by atoms with E-state index in [9.17, 15) is 9.59 Å². The van der Waals surface area contributed by atoms with Gasteiger partial charge in [-0.15, -0.1) is 12.4 Å². The van der Waals surface area contributed by atoms with Crippen LogP contribution in [0.1, 0.15) is 37.8 Å². The second-order valence-electron chi connectivity index (χ2n) is 5.83. The zero-order chi connectivity index (χ0) is 16.8. The third kappa shape index (κ3) is 5.19. The topological polar surface area (TPSA) is 84.7 Å². The molecule has 0 radical (unpaired) electrons. The number of hydrogen-bond donors (Lipinski definition) is 2. The van der Waals surface area contributed by atoms with Gasteiger partial charge >= 0.3 is 0 Å². The van der Waals surface area contributed by atoms with Gasteiger partial charge in [-0.2, -0.15) is 0 Å². The first-order valence-electron chi connectivity index (χ1n) is 7.97. The van der Waals surface area contributed by atoms with Crippen LogP contribution in [0.25, 0.3) is 0 Å². The van der Waals surface area contributed by atoms with Gasteiger partial charge in [0.15, 0.2) is 0 Å². The Morgan fingerprint density at radius 1 is 1.46 bits per heavy atom. The summed E-state index contributed by atoms with van der Waals surface area (Å²) in [7, 11) is 1.55. The third-order valence-electron chi connectivity index (χ3n) is 4.14. The smallest absolute Gasteiger partial charge is 0.227 e. The van der Waals surface area contributed by atoms with E-state index in [1.165, 1.54) is 0 Å². The molecule has 1 aliphatic heterocycles. The highest BCUT2D eigenvalue weighted by molar-refractivity contribution is 5.95. The van der Waals surface area contributed by atoms with E-state index in [4.69, 9.17) is 10.5 Å². The number of nitrogens with two attached hydrogens (primary N) is 1. The highest BCUT2D eigenvalue weighted by Crippen LogP contribution is 2.24. The molecule has 2 unspecified atom stereocenters. The lowest BCUT2D eigenvalue weighted by molar-refractivity contribution is -0.124. The number of ether oxygens (including phenoxy) is 1. The minimum absolute atomic E-state index is 0. The predicted molar refractivity (Wildman–Crippen MR) is 96.3 cm³/mol. The molecule has 2 amide bonds. The van der Waals surface area contributed by atoms with E-state index in [1.807, 2.05) is 31.2 Å². The van der Waals surface area contributed by atoms with Crippen LogP contribution in [-0.2, 0) is 14.3 Å². The van der Waals surface area contributed by atoms with Crippen molar-refractivity contribution in [3.8, 4) is 0 Å². The summed E-state index contributed by atoms with van der Waals surface area (Å²) in [5, 5.41) is 2.95. The molecule has 1 aromatic carbocycles. The zero-order valence-corrected chi connectivity index (χ0v) is 15.0. The number of nitrogens with one attached hydrogen (secondary N) is 1. The molecule has 2 atom stereocenters. The van der Waals surface area contributed by atoms with Crippen molar-refractivity contribution >= 4 is 29.9 Å². The lowest BCUT2D eigenvalue weighted by Crippen LogP contribution is -2.33. The largest absolute Gasteiger partial charge is 0.380 e.